The van der Waals surface area contributed by atoms with Crippen molar-refractivity contribution in [3.8, 4) is 5.75 Å². The highest BCUT2D eigenvalue weighted by Crippen LogP contribution is 2.22. The van der Waals surface area contributed by atoms with Gasteiger partial charge in [0.25, 0.3) is 0 Å². The number of hydrogen-bond acceptors (Lipinski definition) is 6. The molecule has 0 amide bonds. The Bertz CT molecular complexity index is 553. The van der Waals surface area contributed by atoms with Gasteiger partial charge in [0.05, 0.1) is 18.1 Å². The lowest BCUT2D eigenvalue weighted by molar-refractivity contribution is 0.0322. The Labute approximate surface area is 119 Å². The van der Waals surface area contributed by atoms with E-state index in [0.29, 0.717) is 18.0 Å². The molecule has 0 aliphatic carbocycles. The standard InChI is InChI=1S/C13H20N2O4S/c1-20(16,17)13-9-11(14)8-12(10-13)19-7-4-15-2-5-18-6-3-15/h8-10H,2-7,14H2,1H3. The van der Waals surface area contributed by atoms with Crippen LogP contribution in [0.15, 0.2) is 23.1 Å². The Kier molecular flexibility index (Phi) is 4.85. The van der Waals surface area contributed by atoms with Gasteiger partial charge in [-0.2, -0.15) is 0 Å². The van der Waals surface area contributed by atoms with Gasteiger partial charge in [-0.1, -0.05) is 0 Å². The first-order valence-corrected chi connectivity index (χ1v) is 8.38. The van der Waals surface area contributed by atoms with Crippen LogP contribution < -0.4 is 10.5 Å². The van der Waals surface area contributed by atoms with Crippen molar-refractivity contribution in [3.05, 3.63) is 18.2 Å². The third-order valence-corrected chi connectivity index (χ3v) is 4.20. The molecule has 1 aromatic carbocycles. The molecule has 0 radical (unpaired) electrons. The van der Waals surface area contributed by atoms with Crippen LogP contribution in [-0.2, 0) is 14.6 Å². The number of anilines is 1. The van der Waals surface area contributed by atoms with Crippen molar-refractivity contribution in [1.29, 1.82) is 0 Å². The molecular formula is C13H20N2O4S. The average molecular weight is 300 g/mol. The fraction of sp³-hybridized carbons (Fsp3) is 0.538. The van der Waals surface area contributed by atoms with Gasteiger partial charge >= 0.3 is 0 Å². The maximum Gasteiger partial charge on any atom is 0.175 e. The third-order valence-electron chi connectivity index (χ3n) is 3.11. The summed E-state index contributed by atoms with van der Waals surface area (Å²) in [5, 5.41) is 0. The zero-order valence-corrected chi connectivity index (χ0v) is 12.4. The van der Waals surface area contributed by atoms with E-state index >= 15 is 0 Å². The molecule has 0 atom stereocenters. The largest absolute Gasteiger partial charge is 0.492 e. The number of ether oxygens (including phenoxy) is 2. The van der Waals surface area contributed by atoms with Crippen molar-refractivity contribution in [2.24, 2.45) is 0 Å². The second-order valence-corrected chi connectivity index (χ2v) is 6.83. The Morgan fingerprint density at radius 2 is 2.00 bits per heavy atom. The topological polar surface area (TPSA) is 81.9 Å². The number of benzene rings is 1. The Hall–Kier alpha value is -1.31. The molecule has 7 heteroatoms. The highest BCUT2D eigenvalue weighted by molar-refractivity contribution is 7.90. The lowest BCUT2D eigenvalue weighted by Gasteiger charge is -2.26. The maximum absolute atomic E-state index is 11.5. The summed E-state index contributed by atoms with van der Waals surface area (Å²) in [6.07, 6.45) is 1.15. The zero-order valence-electron chi connectivity index (χ0n) is 11.5. The summed E-state index contributed by atoms with van der Waals surface area (Å²) in [5.41, 5.74) is 6.08. The van der Waals surface area contributed by atoms with E-state index in [1.54, 1.807) is 6.07 Å². The van der Waals surface area contributed by atoms with E-state index in [2.05, 4.69) is 4.90 Å². The molecule has 2 rings (SSSR count). The molecular weight excluding hydrogens is 280 g/mol. The summed E-state index contributed by atoms with van der Waals surface area (Å²) in [6, 6.07) is 4.57. The first-order chi connectivity index (χ1) is 9.45. The summed E-state index contributed by atoms with van der Waals surface area (Å²) in [7, 11) is -3.28. The summed E-state index contributed by atoms with van der Waals surface area (Å²) >= 11 is 0. The van der Waals surface area contributed by atoms with Gasteiger partial charge in [0.1, 0.15) is 12.4 Å². The van der Waals surface area contributed by atoms with Gasteiger partial charge in [-0.05, 0) is 12.1 Å². The van der Waals surface area contributed by atoms with E-state index in [1.165, 1.54) is 12.1 Å². The van der Waals surface area contributed by atoms with Crippen molar-refractivity contribution < 1.29 is 17.9 Å². The monoisotopic (exact) mass is 300 g/mol. The first-order valence-electron chi connectivity index (χ1n) is 6.49. The van der Waals surface area contributed by atoms with Gasteiger partial charge in [0.15, 0.2) is 9.84 Å². The van der Waals surface area contributed by atoms with Crippen LogP contribution in [0.1, 0.15) is 0 Å². The van der Waals surface area contributed by atoms with Crippen LogP contribution >= 0.6 is 0 Å². The smallest absolute Gasteiger partial charge is 0.175 e. The van der Waals surface area contributed by atoms with Crippen LogP contribution in [0.4, 0.5) is 5.69 Å². The van der Waals surface area contributed by atoms with E-state index in [1.807, 2.05) is 0 Å². The SMILES string of the molecule is CS(=O)(=O)c1cc(N)cc(OCCN2CCOCC2)c1. The summed E-state index contributed by atoms with van der Waals surface area (Å²) in [6.45, 7) is 4.57. The minimum Gasteiger partial charge on any atom is -0.492 e. The lowest BCUT2D eigenvalue weighted by atomic mass is 10.3. The summed E-state index contributed by atoms with van der Waals surface area (Å²) < 4.78 is 33.9. The minimum absolute atomic E-state index is 0.180. The highest BCUT2D eigenvalue weighted by Gasteiger charge is 2.12. The molecule has 1 aliphatic heterocycles. The molecule has 1 heterocycles. The predicted molar refractivity (Wildman–Crippen MR) is 76.7 cm³/mol. The molecule has 112 valence electrons. The lowest BCUT2D eigenvalue weighted by Crippen LogP contribution is -2.38. The molecule has 0 bridgehead atoms. The van der Waals surface area contributed by atoms with Gasteiger partial charge in [0, 0.05) is 37.6 Å². The van der Waals surface area contributed by atoms with Crippen LogP contribution in [0.3, 0.4) is 0 Å². The molecule has 1 aliphatic rings. The summed E-state index contributed by atoms with van der Waals surface area (Å²) in [4.78, 5) is 2.42. The number of nitrogens with zero attached hydrogens (tertiary/aromatic N) is 1. The Morgan fingerprint density at radius 3 is 2.65 bits per heavy atom. The molecule has 0 saturated carbocycles. The third kappa shape index (κ3) is 4.36. The molecule has 2 N–H and O–H groups in total. The number of rotatable bonds is 5. The number of morpholine rings is 1. The second kappa shape index (κ2) is 6.43. The molecule has 1 fully saturated rings. The average Bonchev–Trinajstić information content (AvgIpc) is 2.38. The van der Waals surface area contributed by atoms with Gasteiger partial charge < -0.3 is 15.2 Å². The Morgan fingerprint density at radius 1 is 1.30 bits per heavy atom. The van der Waals surface area contributed by atoms with Gasteiger partial charge in [-0.3, -0.25) is 4.90 Å². The van der Waals surface area contributed by atoms with Crippen LogP contribution in [-0.4, -0.2) is 59.0 Å². The van der Waals surface area contributed by atoms with Crippen molar-refractivity contribution in [2.75, 3.05) is 51.4 Å². The molecule has 6 nitrogen and oxygen atoms in total. The molecule has 0 spiro atoms. The maximum atomic E-state index is 11.5. The van der Waals surface area contributed by atoms with E-state index in [4.69, 9.17) is 15.2 Å². The van der Waals surface area contributed by atoms with E-state index in [9.17, 15) is 8.42 Å². The van der Waals surface area contributed by atoms with Crippen LogP contribution in [0.2, 0.25) is 0 Å². The van der Waals surface area contributed by atoms with Crippen molar-refractivity contribution >= 4 is 15.5 Å². The zero-order chi connectivity index (χ0) is 14.6. The normalized spacial score (nSPS) is 17.1. The molecule has 20 heavy (non-hydrogen) atoms. The van der Waals surface area contributed by atoms with Crippen molar-refractivity contribution in [3.63, 3.8) is 0 Å². The molecule has 0 aromatic heterocycles. The predicted octanol–water partition coefficient (Wildman–Crippen LogP) is 0.383. The van der Waals surface area contributed by atoms with E-state index in [0.717, 1.165) is 39.1 Å². The van der Waals surface area contributed by atoms with E-state index in [-0.39, 0.29) is 4.90 Å². The van der Waals surface area contributed by atoms with Crippen LogP contribution in [0, 0.1) is 0 Å². The fourth-order valence-corrected chi connectivity index (χ4v) is 2.69. The summed E-state index contributed by atoms with van der Waals surface area (Å²) in [5.74, 6) is 0.485. The second-order valence-electron chi connectivity index (χ2n) is 4.81. The van der Waals surface area contributed by atoms with Crippen molar-refractivity contribution in [2.45, 2.75) is 4.90 Å². The van der Waals surface area contributed by atoms with Crippen molar-refractivity contribution in [1.82, 2.24) is 4.90 Å². The van der Waals surface area contributed by atoms with Gasteiger partial charge in [-0.15, -0.1) is 0 Å². The molecule has 1 saturated heterocycles. The highest BCUT2D eigenvalue weighted by atomic mass is 32.2. The minimum atomic E-state index is -3.28. The molecule has 0 unspecified atom stereocenters. The number of hydrogen-bond donors (Lipinski definition) is 1. The first kappa shape index (κ1) is 15.1. The fourth-order valence-electron chi connectivity index (χ4n) is 2.01. The number of nitrogens with two attached hydrogens (primary N) is 1. The quantitative estimate of drug-likeness (QED) is 0.792. The number of sulfone groups is 1. The van der Waals surface area contributed by atoms with E-state index < -0.39 is 9.84 Å². The van der Waals surface area contributed by atoms with Crippen LogP contribution in [0.5, 0.6) is 5.75 Å². The van der Waals surface area contributed by atoms with Gasteiger partial charge in [0.2, 0.25) is 0 Å². The van der Waals surface area contributed by atoms with Gasteiger partial charge in [-0.25, -0.2) is 8.42 Å². The number of nitrogen functional groups attached to an aromatic ring is 1. The van der Waals surface area contributed by atoms with Crippen LogP contribution in [0.25, 0.3) is 0 Å². The Balaban J connectivity index is 1.94. The molecule has 1 aromatic rings.